The smallest absolute Gasteiger partial charge is 0.790 e. The second-order valence-corrected chi connectivity index (χ2v) is 18.2. The molecule has 4 amide bonds. The number of carbonyl (C=O) groups excluding carboxylic acids is 4. The summed E-state index contributed by atoms with van der Waals surface area (Å²) in [5.41, 5.74) is 6.16. The molecule has 0 radical (unpaired) electrons. The largest absolute Gasteiger partial charge is 1.00 e. The summed E-state index contributed by atoms with van der Waals surface area (Å²) < 4.78 is 41.8. The number of aryl methyl sites for hydroxylation is 4. The van der Waals surface area contributed by atoms with E-state index >= 15 is 0 Å². The zero-order valence-corrected chi connectivity index (χ0v) is 47.2. The molecule has 4 aromatic heterocycles. The van der Waals surface area contributed by atoms with E-state index in [1.54, 1.807) is 38.4 Å². The maximum Gasteiger partial charge on any atom is 1.00 e. The van der Waals surface area contributed by atoms with E-state index in [-0.39, 0.29) is 139 Å². The van der Waals surface area contributed by atoms with Crippen LogP contribution in [0.25, 0.3) is 34.1 Å². The Morgan fingerprint density at radius 3 is 1.39 bits per heavy atom. The summed E-state index contributed by atoms with van der Waals surface area (Å²) in [7, 11) is -7.10. The molecule has 0 saturated carbocycles. The fourth-order valence-corrected chi connectivity index (χ4v) is 8.03. The topological polar surface area (TPSA) is 278 Å². The second kappa shape index (κ2) is 25.1. The first-order valence-electron chi connectivity index (χ1n) is 21.0. The van der Waals surface area contributed by atoms with Crippen molar-refractivity contribution in [3.05, 3.63) is 130 Å². The van der Waals surface area contributed by atoms with Crippen molar-refractivity contribution in [2.24, 2.45) is 0 Å². The normalized spacial score (nSPS) is 13.7. The Kier molecular flexibility index (Phi) is 20.6. The van der Waals surface area contributed by atoms with Gasteiger partial charge in [0.25, 0.3) is 0 Å². The van der Waals surface area contributed by atoms with Gasteiger partial charge in [0.15, 0.2) is 0 Å². The molecular formula is C46H44K2N6O14P2-2. The van der Waals surface area contributed by atoms with Crippen LogP contribution in [-0.4, -0.2) is 71.0 Å². The van der Waals surface area contributed by atoms with Crippen LogP contribution >= 0.6 is 15.6 Å². The van der Waals surface area contributed by atoms with Crippen molar-refractivity contribution in [2.75, 3.05) is 37.4 Å². The summed E-state index contributed by atoms with van der Waals surface area (Å²) in [4.78, 5) is 106. The van der Waals surface area contributed by atoms with Crippen molar-refractivity contribution in [1.82, 2.24) is 19.8 Å². The Labute approximate surface area is 487 Å². The van der Waals surface area contributed by atoms with Gasteiger partial charge >= 0.3 is 103 Å². The first kappa shape index (κ1) is 57.6. The third kappa shape index (κ3) is 14.9. The molecule has 8 rings (SSSR count). The maximum absolute atomic E-state index is 12.6. The Balaban J connectivity index is 0.000000254. The van der Waals surface area contributed by atoms with Gasteiger partial charge in [-0.3, -0.25) is 29.0 Å². The minimum Gasteiger partial charge on any atom is -0.790 e. The quantitative estimate of drug-likeness (QED) is 0.0635. The van der Waals surface area contributed by atoms with Gasteiger partial charge in [0.1, 0.15) is 47.8 Å². The monoisotopic (exact) mass is 1040 g/mol. The van der Waals surface area contributed by atoms with Gasteiger partial charge in [0.2, 0.25) is 23.6 Å². The molecule has 20 nitrogen and oxygen atoms in total. The number of phosphoric acid groups is 2. The molecule has 356 valence electrons. The van der Waals surface area contributed by atoms with Gasteiger partial charge in [-0.2, -0.15) is 0 Å². The third-order valence-corrected chi connectivity index (χ3v) is 12.0. The van der Waals surface area contributed by atoms with Crippen molar-refractivity contribution in [1.29, 1.82) is 0 Å². The van der Waals surface area contributed by atoms with E-state index in [1.807, 2.05) is 62.4 Å². The number of anilines is 2. The van der Waals surface area contributed by atoms with E-state index in [4.69, 9.17) is 8.83 Å². The molecule has 0 unspecified atom stereocenters. The number of benzene rings is 2. The fourth-order valence-electron chi connectivity index (χ4n) is 7.52. The zero-order valence-electron chi connectivity index (χ0n) is 39.2. The summed E-state index contributed by atoms with van der Waals surface area (Å²) >= 11 is 0. The van der Waals surface area contributed by atoms with Crippen molar-refractivity contribution < 1.29 is 169 Å². The number of pyridine rings is 2. The molecule has 24 heteroatoms. The van der Waals surface area contributed by atoms with E-state index in [0.29, 0.717) is 59.7 Å². The third-order valence-electron chi connectivity index (χ3n) is 11.2. The molecule has 0 fully saturated rings. The van der Waals surface area contributed by atoms with Gasteiger partial charge in [0, 0.05) is 73.4 Å². The Hall–Kier alpha value is -3.33. The van der Waals surface area contributed by atoms with Crippen LogP contribution in [0.1, 0.15) is 57.7 Å². The second-order valence-electron chi connectivity index (χ2n) is 15.9. The molecule has 6 heterocycles. The molecule has 2 aliphatic heterocycles. The number of rotatable bonds is 14. The van der Waals surface area contributed by atoms with E-state index in [9.17, 15) is 47.9 Å². The number of carbonyl (C=O) groups is 4. The molecule has 0 bridgehead atoms. The predicted octanol–water partition coefficient (Wildman–Crippen LogP) is -2.21. The molecule has 70 heavy (non-hydrogen) atoms. The van der Waals surface area contributed by atoms with Crippen LogP contribution in [-0.2, 0) is 63.3 Å². The van der Waals surface area contributed by atoms with Crippen LogP contribution in [0.3, 0.4) is 0 Å². The molecule has 0 aliphatic carbocycles. The number of amides is 4. The first-order chi connectivity index (χ1) is 32.2. The summed E-state index contributed by atoms with van der Waals surface area (Å²) in [6.07, 6.45) is 9.98. The number of fused-ring (bicyclic) bond motifs is 4. The summed E-state index contributed by atoms with van der Waals surface area (Å²) in [5, 5.41) is 2.03. The van der Waals surface area contributed by atoms with Crippen LogP contribution in [0.4, 0.5) is 11.6 Å². The summed E-state index contributed by atoms with van der Waals surface area (Å²) in [6, 6.07) is 18.9. The average Bonchev–Trinajstić information content (AvgIpc) is 3.79. The molecule has 0 spiro atoms. The van der Waals surface area contributed by atoms with Crippen LogP contribution in [0, 0.1) is 13.8 Å². The Morgan fingerprint density at radius 2 is 1.03 bits per heavy atom. The summed E-state index contributed by atoms with van der Waals surface area (Å²) in [6.45, 7) is 3.10. The van der Waals surface area contributed by atoms with Gasteiger partial charge in [-0.1, -0.05) is 36.4 Å². The minimum atomic E-state index is -5.23. The Morgan fingerprint density at radius 1 is 0.657 bits per heavy atom. The molecule has 0 atom stereocenters. The molecule has 0 N–H and O–H groups in total. The number of phosphoric ester groups is 2. The maximum atomic E-state index is 12.6. The van der Waals surface area contributed by atoms with Gasteiger partial charge in [0.05, 0.1) is 28.7 Å². The standard InChI is InChI=1S/2C23H24N3O7P.2K/c2*1-15-18-5-3-4-6-19(18)33-20(15)13-25(2)21(27)9-7-16-11-17-8-10-22(28)26(23(17)24-12-16)14-32-34(29,30)31;;/h2*3-7,9,11-12H,8,10,13-14H2,1-2H3,(H2,29,30,31);;/q;;2*+1/p-4/b2*9-7+;;. The number of furan rings is 2. The molecule has 6 aromatic rings. The van der Waals surface area contributed by atoms with Crippen LogP contribution < -0.4 is 132 Å². The van der Waals surface area contributed by atoms with E-state index in [2.05, 4.69) is 19.0 Å². The molecule has 0 saturated heterocycles. The van der Waals surface area contributed by atoms with Gasteiger partial charge < -0.3 is 56.4 Å². The molecular weight excluding hydrogens is 1000 g/mol. The number of para-hydroxylation sites is 2. The van der Waals surface area contributed by atoms with Crippen molar-refractivity contribution in [2.45, 2.75) is 52.6 Å². The number of nitrogens with zero attached hydrogens (tertiary/aromatic N) is 6. The zero-order chi connectivity index (χ0) is 48.9. The number of likely N-dealkylation sites (N-methyl/N-ethyl adjacent to an activating group) is 2. The Bertz CT molecular complexity index is 2870. The van der Waals surface area contributed by atoms with Gasteiger partial charge in [-0.25, -0.2) is 9.97 Å². The number of hydrogen-bond donors (Lipinski definition) is 0. The van der Waals surface area contributed by atoms with Crippen LogP contribution in [0.5, 0.6) is 0 Å². The summed E-state index contributed by atoms with van der Waals surface area (Å²) in [5.74, 6) is 0.635. The first-order valence-corrected chi connectivity index (χ1v) is 23.9. The fraction of sp³-hybridized carbons (Fsp3) is 0.261. The van der Waals surface area contributed by atoms with E-state index < -0.39 is 40.9 Å². The average molecular weight is 1050 g/mol. The number of hydrogen-bond acceptors (Lipinski definition) is 16. The SMILES string of the molecule is Cc1c(CN(C)C(=O)/C=C/c2cnc3c(c2)CCC(=O)N3COP(=O)([O-])[O-])oc2ccccc12.Cc1c(CN(C)C(=O)/C=C/c2cnc3c(c2)CCC(=O)N3COP(=O)([O-])[O-])oc2ccccc12.[K+].[K+]. The van der Waals surface area contributed by atoms with E-state index in [1.165, 1.54) is 34.3 Å². The van der Waals surface area contributed by atoms with Crippen molar-refractivity contribution in [3.63, 3.8) is 0 Å². The number of aromatic nitrogens is 2. The predicted molar refractivity (Wildman–Crippen MR) is 240 cm³/mol. The van der Waals surface area contributed by atoms with E-state index in [0.717, 1.165) is 42.9 Å². The van der Waals surface area contributed by atoms with Crippen molar-refractivity contribution >= 4 is 85.0 Å². The molecule has 2 aliphatic rings. The minimum absolute atomic E-state index is 0. The van der Waals surface area contributed by atoms with Crippen molar-refractivity contribution in [3.8, 4) is 0 Å². The van der Waals surface area contributed by atoms with Crippen LogP contribution in [0.2, 0.25) is 0 Å². The van der Waals surface area contributed by atoms with Crippen LogP contribution in [0.15, 0.2) is 94.0 Å². The molecule has 2 aromatic carbocycles. The van der Waals surface area contributed by atoms with Gasteiger partial charge in [-0.05, 0) is 85.4 Å². The van der Waals surface area contributed by atoms with Gasteiger partial charge in [-0.15, -0.1) is 0 Å².